The van der Waals surface area contributed by atoms with E-state index in [-0.39, 0.29) is 18.1 Å². The van der Waals surface area contributed by atoms with Crippen molar-refractivity contribution in [3.63, 3.8) is 0 Å². The lowest BCUT2D eigenvalue weighted by Crippen LogP contribution is -2.33. The maximum absolute atomic E-state index is 12.8. The zero-order valence-corrected chi connectivity index (χ0v) is 14.5. The van der Waals surface area contributed by atoms with Gasteiger partial charge in [-0.3, -0.25) is 4.79 Å². The number of amides is 1. The normalized spacial score (nSPS) is 22.3. The van der Waals surface area contributed by atoms with Crippen molar-refractivity contribution in [1.82, 2.24) is 10.3 Å². The van der Waals surface area contributed by atoms with Gasteiger partial charge in [-0.2, -0.15) is 0 Å². The summed E-state index contributed by atoms with van der Waals surface area (Å²) in [6.45, 7) is 5.36. The third-order valence-corrected chi connectivity index (χ3v) is 4.81. The molecule has 2 aromatic rings. The Bertz CT molecular complexity index is 793. The number of carbonyl (C=O) groups excluding carboxylic acids is 1. The lowest BCUT2D eigenvalue weighted by molar-refractivity contribution is 0.0846. The van der Waals surface area contributed by atoms with Gasteiger partial charge in [0, 0.05) is 18.6 Å². The molecule has 4 rings (SSSR count). The van der Waals surface area contributed by atoms with Crippen LogP contribution in [0.5, 0.6) is 5.75 Å². The Labute approximate surface area is 146 Å². The Hall–Kier alpha value is -2.34. The van der Waals surface area contributed by atoms with Gasteiger partial charge in [-0.05, 0) is 32.3 Å². The highest BCUT2D eigenvalue weighted by molar-refractivity contribution is 5.93. The lowest BCUT2D eigenvalue weighted by Gasteiger charge is -2.28. The third-order valence-electron chi connectivity index (χ3n) is 4.81. The number of rotatable bonds is 3. The molecule has 1 fully saturated rings. The number of oxazole rings is 1. The quantitative estimate of drug-likeness (QED) is 0.925. The van der Waals surface area contributed by atoms with E-state index in [9.17, 15) is 4.79 Å². The van der Waals surface area contributed by atoms with E-state index >= 15 is 0 Å². The molecule has 1 aromatic carbocycles. The minimum absolute atomic E-state index is 0.0936. The molecule has 2 atom stereocenters. The molecule has 0 aliphatic carbocycles. The van der Waals surface area contributed by atoms with Crippen LogP contribution in [0, 0.1) is 13.8 Å². The molecule has 0 saturated carbocycles. The molecular weight excluding hydrogens is 320 g/mol. The smallest absolute Gasteiger partial charge is 0.274 e. The van der Waals surface area contributed by atoms with Gasteiger partial charge in [-0.1, -0.05) is 17.7 Å². The van der Waals surface area contributed by atoms with Gasteiger partial charge in [-0.15, -0.1) is 0 Å². The molecule has 0 unspecified atom stereocenters. The Balaban J connectivity index is 1.58. The summed E-state index contributed by atoms with van der Waals surface area (Å²) in [6, 6.07) is 4.08. The highest BCUT2D eigenvalue weighted by Gasteiger charge is 2.31. The first-order chi connectivity index (χ1) is 12.1. The number of hydrogen-bond acceptors (Lipinski definition) is 5. The molecular formula is C19H22N2O4. The van der Waals surface area contributed by atoms with Crippen LogP contribution < -0.4 is 10.1 Å². The zero-order chi connectivity index (χ0) is 17.4. The van der Waals surface area contributed by atoms with E-state index in [2.05, 4.69) is 22.4 Å². The minimum Gasteiger partial charge on any atom is -0.493 e. The van der Waals surface area contributed by atoms with Crippen molar-refractivity contribution in [1.29, 1.82) is 0 Å². The number of ether oxygens (including phenoxy) is 2. The van der Waals surface area contributed by atoms with Crippen molar-refractivity contribution in [2.45, 2.75) is 45.3 Å². The summed E-state index contributed by atoms with van der Waals surface area (Å²) in [5, 5.41) is 3.10. The highest BCUT2D eigenvalue weighted by atomic mass is 16.5. The maximum atomic E-state index is 12.8. The van der Waals surface area contributed by atoms with E-state index in [0.717, 1.165) is 41.7 Å². The van der Waals surface area contributed by atoms with E-state index in [1.54, 1.807) is 0 Å². The van der Waals surface area contributed by atoms with Crippen LogP contribution in [-0.4, -0.2) is 24.1 Å². The van der Waals surface area contributed by atoms with Crippen LogP contribution in [0.4, 0.5) is 0 Å². The molecule has 2 aliphatic rings. The molecule has 1 aromatic heterocycles. The first-order valence-electron chi connectivity index (χ1n) is 8.73. The topological polar surface area (TPSA) is 73.6 Å². The van der Waals surface area contributed by atoms with Crippen molar-refractivity contribution in [2.24, 2.45) is 0 Å². The predicted molar refractivity (Wildman–Crippen MR) is 90.7 cm³/mol. The SMILES string of the molecule is Cc1cc(C)c2c(c1)[C@H](NC(=O)c1ncoc1[C@@H]1CCCO1)CCO2. The van der Waals surface area contributed by atoms with Crippen LogP contribution in [0.15, 0.2) is 22.9 Å². The molecule has 3 heterocycles. The van der Waals surface area contributed by atoms with E-state index in [1.807, 2.05) is 13.8 Å². The van der Waals surface area contributed by atoms with Crippen LogP contribution in [0.3, 0.4) is 0 Å². The molecule has 6 nitrogen and oxygen atoms in total. The van der Waals surface area contributed by atoms with Gasteiger partial charge in [0.15, 0.2) is 17.8 Å². The summed E-state index contributed by atoms with van der Waals surface area (Å²) < 4.78 is 16.9. The molecule has 132 valence electrons. The fourth-order valence-electron chi connectivity index (χ4n) is 3.69. The van der Waals surface area contributed by atoms with Gasteiger partial charge in [0.2, 0.25) is 0 Å². The largest absolute Gasteiger partial charge is 0.493 e. The van der Waals surface area contributed by atoms with Gasteiger partial charge < -0.3 is 19.2 Å². The van der Waals surface area contributed by atoms with Crippen LogP contribution in [0.2, 0.25) is 0 Å². The number of fused-ring (bicyclic) bond motifs is 1. The average molecular weight is 342 g/mol. The molecule has 0 bridgehead atoms. The lowest BCUT2D eigenvalue weighted by atomic mass is 9.95. The molecule has 6 heteroatoms. The van der Waals surface area contributed by atoms with Crippen molar-refractivity contribution in [3.8, 4) is 5.75 Å². The van der Waals surface area contributed by atoms with Crippen molar-refractivity contribution >= 4 is 5.91 Å². The molecule has 25 heavy (non-hydrogen) atoms. The number of hydrogen-bond donors (Lipinski definition) is 1. The maximum Gasteiger partial charge on any atom is 0.274 e. The summed E-state index contributed by atoms with van der Waals surface area (Å²) in [5.41, 5.74) is 3.60. The number of aryl methyl sites for hydroxylation is 2. The van der Waals surface area contributed by atoms with Gasteiger partial charge in [0.1, 0.15) is 11.9 Å². The fraction of sp³-hybridized carbons (Fsp3) is 0.474. The van der Waals surface area contributed by atoms with Gasteiger partial charge in [0.05, 0.1) is 12.6 Å². The average Bonchev–Trinajstić information content (AvgIpc) is 3.26. The Morgan fingerprint density at radius 3 is 2.92 bits per heavy atom. The molecule has 0 radical (unpaired) electrons. The Kier molecular flexibility index (Phi) is 4.21. The van der Waals surface area contributed by atoms with Crippen molar-refractivity contribution in [3.05, 3.63) is 46.7 Å². The van der Waals surface area contributed by atoms with Crippen LogP contribution in [0.1, 0.15) is 64.3 Å². The number of aromatic nitrogens is 1. The van der Waals surface area contributed by atoms with E-state index in [0.29, 0.717) is 24.7 Å². The molecule has 0 spiro atoms. The van der Waals surface area contributed by atoms with Gasteiger partial charge in [-0.25, -0.2) is 4.98 Å². The molecule has 1 N–H and O–H groups in total. The number of nitrogens with one attached hydrogen (secondary N) is 1. The third kappa shape index (κ3) is 3.02. The van der Waals surface area contributed by atoms with Crippen molar-refractivity contribution < 1.29 is 18.7 Å². The van der Waals surface area contributed by atoms with Crippen LogP contribution >= 0.6 is 0 Å². The summed E-state index contributed by atoms with van der Waals surface area (Å²) in [6.07, 6.45) is 3.70. The van der Waals surface area contributed by atoms with Crippen molar-refractivity contribution in [2.75, 3.05) is 13.2 Å². The summed E-state index contributed by atoms with van der Waals surface area (Å²) in [4.78, 5) is 16.9. The number of nitrogens with zero attached hydrogens (tertiary/aromatic N) is 1. The number of carbonyl (C=O) groups is 1. The first-order valence-corrected chi connectivity index (χ1v) is 8.73. The highest BCUT2D eigenvalue weighted by Crippen LogP contribution is 2.36. The summed E-state index contributed by atoms with van der Waals surface area (Å²) in [5.74, 6) is 1.18. The summed E-state index contributed by atoms with van der Waals surface area (Å²) in [7, 11) is 0. The second-order valence-electron chi connectivity index (χ2n) is 6.73. The van der Waals surface area contributed by atoms with E-state index in [1.165, 1.54) is 6.39 Å². The monoisotopic (exact) mass is 342 g/mol. The molecule has 2 aliphatic heterocycles. The minimum atomic E-state index is -0.226. The van der Waals surface area contributed by atoms with Crippen LogP contribution in [0.25, 0.3) is 0 Å². The zero-order valence-electron chi connectivity index (χ0n) is 14.5. The Morgan fingerprint density at radius 2 is 2.12 bits per heavy atom. The predicted octanol–water partition coefficient (Wildman–Crippen LogP) is 3.40. The van der Waals surface area contributed by atoms with Crippen LogP contribution in [-0.2, 0) is 4.74 Å². The standard InChI is InChI=1S/C19H22N2O4/c1-11-8-12(2)17-13(9-11)14(5-7-24-17)21-19(22)16-18(25-10-20-16)15-4-3-6-23-15/h8-10,14-15H,3-7H2,1-2H3,(H,21,22)/t14-,15+/m1/s1. The molecule has 1 saturated heterocycles. The van der Waals surface area contributed by atoms with E-state index in [4.69, 9.17) is 13.9 Å². The number of benzene rings is 1. The second-order valence-corrected chi connectivity index (χ2v) is 6.73. The Morgan fingerprint density at radius 1 is 1.24 bits per heavy atom. The van der Waals surface area contributed by atoms with Gasteiger partial charge >= 0.3 is 0 Å². The first kappa shape index (κ1) is 16.1. The summed E-state index contributed by atoms with van der Waals surface area (Å²) >= 11 is 0. The molecule has 1 amide bonds. The van der Waals surface area contributed by atoms with E-state index < -0.39 is 0 Å². The van der Waals surface area contributed by atoms with Gasteiger partial charge in [0.25, 0.3) is 5.91 Å². The second kappa shape index (κ2) is 6.52. The fourth-order valence-corrected chi connectivity index (χ4v) is 3.69.